The molecular formula is C16H24FN3. The van der Waals surface area contributed by atoms with Crippen molar-refractivity contribution in [1.82, 2.24) is 4.90 Å². The predicted octanol–water partition coefficient (Wildman–Crippen LogP) is 3.23. The second kappa shape index (κ2) is 7.98. The molecule has 2 N–H and O–H groups in total. The maximum atomic E-state index is 13.5. The van der Waals surface area contributed by atoms with E-state index >= 15 is 0 Å². The lowest BCUT2D eigenvalue weighted by atomic mass is 9.95. The van der Waals surface area contributed by atoms with Crippen molar-refractivity contribution in [2.24, 2.45) is 5.73 Å². The van der Waals surface area contributed by atoms with Crippen molar-refractivity contribution < 1.29 is 4.39 Å². The molecule has 20 heavy (non-hydrogen) atoms. The van der Waals surface area contributed by atoms with E-state index in [-0.39, 0.29) is 23.9 Å². The number of hydrogen-bond acceptors (Lipinski definition) is 3. The smallest absolute Gasteiger partial charge is 0.123 e. The van der Waals surface area contributed by atoms with E-state index in [2.05, 4.69) is 24.8 Å². The van der Waals surface area contributed by atoms with Gasteiger partial charge in [-0.2, -0.15) is 5.26 Å². The van der Waals surface area contributed by atoms with Gasteiger partial charge in [0.25, 0.3) is 0 Å². The van der Waals surface area contributed by atoms with Crippen molar-refractivity contribution in [3.05, 3.63) is 35.6 Å². The van der Waals surface area contributed by atoms with Crippen LogP contribution in [0.3, 0.4) is 0 Å². The van der Waals surface area contributed by atoms with E-state index in [0.717, 1.165) is 12.0 Å². The summed E-state index contributed by atoms with van der Waals surface area (Å²) in [5.41, 5.74) is 7.14. The van der Waals surface area contributed by atoms with Gasteiger partial charge in [0.2, 0.25) is 0 Å². The summed E-state index contributed by atoms with van der Waals surface area (Å²) in [5, 5.41) is 8.82. The molecule has 0 aliphatic carbocycles. The first-order valence-electron chi connectivity index (χ1n) is 7.15. The molecule has 0 saturated carbocycles. The minimum Gasteiger partial charge on any atom is -0.326 e. The second-order valence-electron chi connectivity index (χ2n) is 5.31. The van der Waals surface area contributed by atoms with Crippen molar-refractivity contribution in [3.63, 3.8) is 0 Å². The van der Waals surface area contributed by atoms with E-state index in [0.29, 0.717) is 13.0 Å². The molecule has 1 aromatic carbocycles. The molecule has 2 atom stereocenters. The van der Waals surface area contributed by atoms with Crippen molar-refractivity contribution in [2.75, 3.05) is 6.54 Å². The van der Waals surface area contributed by atoms with Gasteiger partial charge in [-0.05, 0) is 38.0 Å². The number of benzene rings is 1. The zero-order valence-corrected chi connectivity index (χ0v) is 12.5. The largest absolute Gasteiger partial charge is 0.326 e. The third-order valence-corrected chi connectivity index (χ3v) is 3.57. The van der Waals surface area contributed by atoms with Crippen molar-refractivity contribution in [2.45, 2.75) is 51.7 Å². The van der Waals surface area contributed by atoms with Gasteiger partial charge in [-0.1, -0.05) is 19.1 Å². The molecule has 0 amide bonds. The molecule has 3 nitrogen and oxygen atoms in total. The SMILES string of the molecule is CCC(N)C(c1cccc(F)c1)N(CCC#N)C(C)C. The van der Waals surface area contributed by atoms with Crippen LogP contribution in [0, 0.1) is 17.1 Å². The molecular weight excluding hydrogens is 253 g/mol. The Morgan fingerprint density at radius 1 is 1.40 bits per heavy atom. The van der Waals surface area contributed by atoms with Crippen LogP contribution in [-0.4, -0.2) is 23.5 Å². The zero-order chi connectivity index (χ0) is 15.1. The van der Waals surface area contributed by atoms with Gasteiger partial charge in [0, 0.05) is 25.0 Å². The van der Waals surface area contributed by atoms with E-state index in [1.54, 1.807) is 12.1 Å². The lowest BCUT2D eigenvalue weighted by Gasteiger charge is -2.38. The summed E-state index contributed by atoms with van der Waals surface area (Å²) in [4.78, 5) is 2.19. The number of halogens is 1. The Morgan fingerprint density at radius 2 is 2.10 bits per heavy atom. The summed E-state index contributed by atoms with van der Waals surface area (Å²) in [6, 6.07) is 8.86. The third kappa shape index (κ3) is 4.29. The molecule has 0 heterocycles. The number of rotatable bonds is 7. The van der Waals surface area contributed by atoms with Gasteiger partial charge < -0.3 is 5.73 Å². The van der Waals surface area contributed by atoms with Crippen molar-refractivity contribution >= 4 is 0 Å². The van der Waals surface area contributed by atoms with Crippen LogP contribution in [0.1, 0.15) is 45.2 Å². The highest BCUT2D eigenvalue weighted by Crippen LogP contribution is 2.27. The highest BCUT2D eigenvalue weighted by molar-refractivity contribution is 5.22. The highest BCUT2D eigenvalue weighted by Gasteiger charge is 2.27. The number of nitrogens with zero attached hydrogens (tertiary/aromatic N) is 2. The van der Waals surface area contributed by atoms with E-state index in [1.807, 2.05) is 13.0 Å². The molecule has 0 aliphatic rings. The number of hydrogen-bond donors (Lipinski definition) is 1. The topological polar surface area (TPSA) is 53.0 Å². The molecule has 0 saturated heterocycles. The first-order valence-corrected chi connectivity index (χ1v) is 7.15. The van der Waals surface area contributed by atoms with Crippen LogP contribution >= 0.6 is 0 Å². The van der Waals surface area contributed by atoms with Crippen LogP contribution in [0.2, 0.25) is 0 Å². The highest BCUT2D eigenvalue weighted by atomic mass is 19.1. The standard InChI is InChI=1S/C16H24FN3/c1-4-15(19)16(13-7-5-8-14(17)11-13)20(12(2)3)10-6-9-18/h5,7-8,11-12,15-16H,4,6,10,19H2,1-3H3. The van der Waals surface area contributed by atoms with Crippen LogP contribution in [-0.2, 0) is 0 Å². The number of nitrogens with two attached hydrogens (primary N) is 1. The summed E-state index contributed by atoms with van der Waals surface area (Å²) in [6.07, 6.45) is 1.25. The second-order valence-corrected chi connectivity index (χ2v) is 5.31. The first kappa shape index (κ1) is 16.6. The lowest BCUT2D eigenvalue weighted by Crippen LogP contribution is -2.44. The minimum absolute atomic E-state index is 0.0657. The van der Waals surface area contributed by atoms with Gasteiger partial charge in [0.15, 0.2) is 0 Å². The van der Waals surface area contributed by atoms with Crippen molar-refractivity contribution in [3.8, 4) is 6.07 Å². The molecule has 110 valence electrons. The van der Waals surface area contributed by atoms with E-state index in [4.69, 9.17) is 11.0 Å². The molecule has 0 spiro atoms. The predicted molar refractivity (Wildman–Crippen MR) is 79.5 cm³/mol. The van der Waals surface area contributed by atoms with Crippen LogP contribution in [0.25, 0.3) is 0 Å². The van der Waals surface area contributed by atoms with Crippen molar-refractivity contribution in [1.29, 1.82) is 5.26 Å². The third-order valence-electron chi connectivity index (χ3n) is 3.57. The monoisotopic (exact) mass is 277 g/mol. The average Bonchev–Trinajstić information content (AvgIpc) is 2.42. The molecule has 0 bridgehead atoms. The average molecular weight is 277 g/mol. The zero-order valence-electron chi connectivity index (χ0n) is 12.5. The number of nitriles is 1. The molecule has 0 fully saturated rings. The molecule has 2 unspecified atom stereocenters. The minimum atomic E-state index is -0.250. The normalized spacial score (nSPS) is 14.3. The summed E-state index contributed by atoms with van der Waals surface area (Å²) in [6.45, 7) is 6.82. The summed E-state index contributed by atoms with van der Waals surface area (Å²) in [5.74, 6) is -0.250. The Balaban J connectivity index is 3.12. The fourth-order valence-corrected chi connectivity index (χ4v) is 2.50. The van der Waals surface area contributed by atoms with E-state index in [9.17, 15) is 4.39 Å². The Morgan fingerprint density at radius 3 is 2.60 bits per heavy atom. The Hall–Kier alpha value is -1.44. The van der Waals surface area contributed by atoms with Gasteiger partial charge in [0.1, 0.15) is 5.82 Å². The summed E-state index contributed by atoms with van der Waals surface area (Å²) >= 11 is 0. The van der Waals surface area contributed by atoms with E-state index in [1.165, 1.54) is 6.07 Å². The fraction of sp³-hybridized carbons (Fsp3) is 0.562. The van der Waals surface area contributed by atoms with E-state index < -0.39 is 0 Å². The summed E-state index contributed by atoms with van der Waals surface area (Å²) < 4.78 is 13.5. The molecule has 0 aromatic heterocycles. The lowest BCUT2D eigenvalue weighted by molar-refractivity contribution is 0.133. The van der Waals surface area contributed by atoms with Gasteiger partial charge in [0.05, 0.1) is 12.1 Å². The van der Waals surface area contributed by atoms with Crippen LogP contribution in [0.5, 0.6) is 0 Å². The quantitative estimate of drug-likeness (QED) is 0.832. The van der Waals surface area contributed by atoms with Gasteiger partial charge in [-0.3, -0.25) is 4.90 Å². The molecule has 0 radical (unpaired) electrons. The first-order chi connectivity index (χ1) is 9.51. The van der Waals surface area contributed by atoms with Crippen LogP contribution in [0.15, 0.2) is 24.3 Å². The van der Waals surface area contributed by atoms with Crippen LogP contribution in [0.4, 0.5) is 4.39 Å². The Kier molecular flexibility index (Phi) is 6.63. The Bertz CT molecular complexity index is 453. The molecule has 1 rings (SSSR count). The maximum Gasteiger partial charge on any atom is 0.123 e. The van der Waals surface area contributed by atoms with Crippen LogP contribution < -0.4 is 5.73 Å². The van der Waals surface area contributed by atoms with Gasteiger partial charge >= 0.3 is 0 Å². The fourth-order valence-electron chi connectivity index (χ4n) is 2.50. The van der Waals surface area contributed by atoms with Gasteiger partial charge in [-0.15, -0.1) is 0 Å². The van der Waals surface area contributed by atoms with Gasteiger partial charge in [-0.25, -0.2) is 4.39 Å². The molecule has 4 heteroatoms. The Labute approximate surface area is 121 Å². The summed E-state index contributed by atoms with van der Waals surface area (Å²) in [7, 11) is 0. The maximum absolute atomic E-state index is 13.5. The molecule has 0 aliphatic heterocycles. The molecule has 1 aromatic rings.